The Morgan fingerprint density at radius 2 is 1.80 bits per heavy atom. The first-order chi connectivity index (χ1) is 19.5. The van der Waals surface area contributed by atoms with Crippen LogP contribution in [-0.2, 0) is 28.9 Å². The average molecular weight is 545 g/mol. The molecular weight excluding hydrogens is 508 g/mol. The van der Waals surface area contributed by atoms with Crippen molar-refractivity contribution in [1.29, 1.82) is 0 Å². The lowest BCUT2D eigenvalue weighted by Gasteiger charge is -2.36. The molecule has 1 aromatic heterocycles. The fraction of sp³-hybridized carbons (Fsp3) is 0.400. The molecule has 1 saturated heterocycles. The van der Waals surface area contributed by atoms with Gasteiger partial charge in [-0.15, -0.1) is 0 Å². The molecule has 0 unspecified atom stereocenters. The normalized spacial score (nSPS) is 17.0. The zero-order valence-corrected chi connectivity index (χ0v) is 23.1. The predicted molar refractivity (Wildman–Crippen MR) is 153 cm³/mol. The molecule has 40 heavy (non-hydrogen) atoms. The number of rotatable bonds is 6. The number of anilines is 2. The Kier molecular flexibility index (Phi) is 8.75. The summed E-state index contributed by atoms with van der Waals surface area (Å²) in [5, 5.41) is 5.55. The molecule has 10 nitrogen and oxygen atoms in total. The van der Waals surface area contributed by atoms with E-state index in [2.05, 4.69) is 22.5 Å². The molecule has 3 aromatic rings. The second-order valence-electron chi connectivity index (χ2n) is 10.0. The zero-order chi connectivity index (χ0) is 27.9. The minimum atomic E-state index is -0.318. The van der Waals surface area contributed by atoms with Crippen LogP contribution >= 0.6 is 0 Å². The summed E-state index contributed by atoms with van der Waals surface area (Å²) in [6, 6.07) is 17.2. The van der Waals surface area contributed by atoms with Gasteiger partial charge in [0.05, 0.1) is 24.9 Å². The van der Waals surface area contributed by atoms with Crippen LogP contribution in [-0.4, -0.2) is 72.4 Å². The lowest BCUT2D eigenvalue weighted by molar-refractivity contribution is 0.0974. The van der Waals surface area contributed by atoms with Crippen LogP contribution in [0.15, 0.2) is 54.6 Å². The molecule has 2 aliphatic heterocycles. The van der Waals surface area contributed by atoms with Crippen LogP contribution in [0.4, 0.5) is 21.1 Å². The highest BCUT2D eigenvalue weighted by Crippen LogP contribution is 2.31. The number of fused-ring (bicyclic) bond motifs is 1. The van der Waals surface area contributed by atoms with Gasteiger partial charge in [-0.1, -0.05) is 30.3 Å². The molecule has 0 radical (unpaired) electrons. The van der Waals surface area contributed by atoms with Crippen molar-refractivity contribution in [3.63, 3.8) is 0 Å². The van der Waals surface area contributed by atoms with E-state index in [1.807, 2.05) is 61.5 Å². The summed E-state index contributed by atoms with van der Waals surface area (Å²) in [7, 11) is 0. The number of ether oxygens (including phenoxy) is 2. The van der Waals surface area contributed by atoms with Crippen molar-refractivity contribution in [3.8, 4) is 11.4 Å². The third kappa shape index (κ3) is 6.51. The van der Waals surface area contributed by atoms with E-state index in [-0.39, 0.29) is 24.8 Å². The van der Waals surface area contributed by atoms with E-state index in [9.17, 15) is 9.59 Å². The van der Waals surface area contributed by atoms with Crippen LogP contribution in [0.5, 0.6) is 0 Å². The molecule has 10 heteroatoms. The van der Waals surface area contributed by atoms with E-state index in [1.165, 1.54) is 0 Å². The van der Waals surface area contributed by atoms with E-state index in [0.717, 1.165) is 34.7 Å². The Bertz CT molecular complexity index is 1320. The van der Waals surface area contributed by atoms with Crippen molar-refractivity contribution in [2.24, 2.45) is 0 Å². The molecule has 2 N–H and O–H groups in total. The molecule has 3 amide bonds. The van der Waals surface area contributed by atoms with Crippen LogP contribution in [0.1, 0.15) is 30.7 Å². The van der Waals surface area contributed by atoms with Crippen molar-refractivity contribution in [3.05, 3.63) is 71.4 Å². The number of carbonyl (C=O) groups excluding carboxylic acids is 2. The number of hydrogen-bond acceptors (Lipinski definition) is 7. The second-order valence-corrected chi connectivity index (χ2v) is 10.0. The maximum Gasteiger partial charge on any atom is 0.410 e. The van der Waals surface area contributed by atoms with Crippen LogP contribution in [0, 0.1) is 0 Å². The number of amides is 3. The van der Waals surface area contributed by atoms with Gasteiger partial charge in [-0.3, -0.25) is 0 Å². The molecule has 0 spiro atoms. The Morgan fingerprint density at radius 1 is 1.02 bits per heavy atom. The Hall–Kier alpha value is -4.18. The highest BCUT2D eigenvalue weighted by Gasteiger charge is 2.29. The van der Waals surface area contributed by atoms with Crippen LogP contribution < -0.4 is 15.5 Å². The molecule has 1 atom stereocenters. The lowest BCUT2D eigenvalue weighted by atomic mass is 10.1. The van der Waals surface area contributed by atoms with Gasteiger partial charge in [0.2, 0.25) is 0 Å². The van der Waals surface area contributed by atoms with Crippen molar-refractivity contribution >= 4 is 23.6 Å². The summed E-state index contributed by atoms with van der Waals surface area (Å²) < 4.78 is 11.3. The molecule has 0 bridgehead atoms. The first kappa shape index (κ1) is 27.4. The molecule has 210 valence electrons. The van der Waals surface area contributed by atoms with Gasteiger partial charge >= 0.3 is 12.1 Å². The fourth-order valence-corrected chi connectivity index (χ4v) is 5.02. The molecule has 5 rings (SSSR count). The van der Waals surface area contributed by atoms with Crippen molar-refractivity contribution in [2.75, 3.05) is 49.6 Å². The number of benzene rings is 2. The molecule has 2 aliphatic rings. The SMILES string of the molecule is CCNC(=O)Nc1ccc(-c2nc3c(c(N4CCOC[C@@H]4C)n2)CCN(C(=O)OCc2ccccc2)CC3)cc1. The molecular formula is C30H36N6O4. The number of nitrogens with one attached hydrogen (secondary N) is 2. The summed E-state index contributed by atoms with van der Waals surface area (Å²) in [6.07, 6.45) is 0.930. The molecule has 1 fully saturated rings. The molecule has 2 aromatic carbocycles. The first-order valence-corrected chi connectivity index (χ1v) is 13.9. The van der Waals surface area contributed by atoms with Gasteiger partial charge in [-0.2, -0.15) is 0 Å². The van der Waals surface area contributed by atoms with E-state index >= 15 is 0 Å². The quantitative estimate of drug-likeness (QED) is 0.478. The first-order valence-electron chi connectivity index (χ1n) is 13.9. The predicted octanol–water partition coefficient (Wildman–Crippen LogP) is 4.25. The van der Waals surface area contributed by atoms with Gasteiger partial charge < -0.3 is 29.9 Å². The maximum atomic E-state index is 13.0. The molecule has 0 saturated carbocycles. The smallest absolute Gasteiger partial charge is 0.410 e. The Morgan fingerprint density at radius 3 is 2.55 bits per heavy atom. The highest BCUT2D eigenvalue weighted by atomic mass is 16.6. The van der Waals surface area contributed by atoms with Crippen LogP contribution in [0.2, 0.25) is 0 Å². The maximum absolute atomic E-state index is 13.0. The Balaban J connectivity index is 1.38. The zero-order valence-electron chi connectivity index (χ0n) is 23.1. The van der Waals surface area contributed by atoms with Gasteiger partial charge in [0.15, 0.2) is 5.82 Å². The number of nitrogens with zero attached hydrogens (tertiary/aromatic N) is 4. The van der Waals surface area contributed by atoms with Crippen LogP contribution in [0.3, 0.4) is 0 Å². The molecule has 0 aliphatic carbocycles. The van der Waals surface area contributed by atoms with Gasteiger partial charge in [-0.25, -0.2) is 19.6 Å². The summed E-state index contributed by atoms with van der Waals surface area (Å²) in [5.74, 6) is 1.52. The monoisotopic (exact) mass is 544 g/mol. The van der Waals surface area contributed by atoms with Crippen molar-refractivity contribution in [1.82, 2.24) is 20.2 Å². The van der Waals surface area contributed by atoms with E-state index in [0.29, 0.717) is 57.2 Å². The van der Waals surface area contributed by atoms with E-state index in [4.69, 9.17) is 19.4 Å². The average Bonchev–Trinajstić information content (AvgIpc) is 3.20. The number of morpholine rings is 1. The van der Waals surface area contributed by atoms with Gasteiger partial charge in [0.25, 0.3) is 0 Å². The third-order valence-electron chi connectivity index (χ3n) is 7.16. The largest absolute Gasteiger partial charge is 0.445 e. The minimum absolute atomic E-state index is 0.166. The third-order valence-corrected chi connectivity index (χ3v) is 7.16. The summed E-state index contributed by atoms with van der Waals surface area (Å²) >= 11 is 0. The second kappa shape index (κ2) is 12.8. The van der Waals surface area contributed by atoms with Gasteiger partial charge in [0, 0.05) is 49.4 Å². The van der Waals surface area contributed by atoms with Gasteiger partial charge in [-0.05, 0) is 50.1 Å². The lowest BCUT2D eigenvalue weighted by Crippen LogP contribution is -2.45. The minimum Gasteiger partial charge on any atom is -0.445 e. The number of hydrogen-bond donors (Lipinski definition) is 2. The number of carbonyl (C=O) groups is 2. The van der Waals surface area contributed by atoms with Crippen LogP contribution in [0.25, 0.3) is 11.4 Å². The number of urea groups is 1. The van der Waals surface area contributed by atoms with Gasteiger partial charge in [0.1, 0.15) is 12.4 Å². The highest BCUT2D eigenvalue weighted by molar-refractivity contribution is 5.89. The van der Waals surface area contributed by atoms with Crippen molar-refractivity contribution in [2.45, 2.75) is 39.3 Å². The topological polar surface area (TPSA) is 109 Å². The van der Waals surface area contributed by atoms with Crippen molar-refractivity contribution < 1.29 is 19.1 Å². The summed E-state index contributed by atoms with van der Waals surface area (Å²) in [6.45, 7) is 7.87. The summed E-state index contributed by atoms with van der Waals surface area (Å²) in [4.78, 5) is 39.0. The standard InChI is InChI=1S/C30H36N6O4/c1-3-31-29(37)32-24-11-9-23(10-12-24)27-33-26-14-16-35(30(38)40-20-22-7-5-4-6-8-22)15-13-25(26)28(34-27)36-17-18-39-19-21(36)2/h4-12,21H,3,13-20H2,1-2H3,(H2,31,32,37)/t21-/m0/s1. The number of aromatic nitrogens is 2. The van der Waals surface area contributed by atoms with E-state index < -0.39 is 0 Å². The Labute approximate surface area is 234 Å². The fourth-order valence-electron chi connectivity index (χ4n) is 5.02. The summed E-state index contributed by atoms with van der Waals surface area (Å²) in [5.41, 5.74) is 4.53. The van der Waals surface area contributed by atoms with E-state index in [1.54, 1.807) is 4.90 Å². The molecule has 3 heterocycles.